The third kappa shape index (κ3) is 2.57. The molecule has 3 rings (SSSR count). The van der Waals surface area contributed by atoms with E-state index in [0.717, 1.165) is 22.2 Å². The molecule has 106 valence electrons. The number of thiophene rings is 1. The van der Waals surface area contributed by atoms with Crippen molar-refractivity contribution in [2.24, 2.45) is 0 Å². The van der Waals surface area contributed by atoms with Crippen LogP contribution in [0.15, 0.2) is 41.8 Å². The molecule has 0 saturated heterocycles. The van der Waals surface area contributed by atoms with E-state index >= 15 is 0 Å². The number of benzene rings is 2. The van der Waals surface area contributed by atoms with Crippen LogP contribution >= 0.6 is 11.3 Å². The molecule has 1 aromatic heterocycles. The van der Waals surface area contributed by atoms with Crippen LogP contribution in [0.5, 0.6) is 0 Å². The van der Waals surface area contributed by atoms with Crippen molar-refractivity contribution >= 4 is 38.7 Å². The number of hydrogen-bond donors (Lipinski definition) is 2. The number of fused-ring (bicyclic) bond motifs is 1. The SMILES string of the molecule is Nc1cc(F)cc(C(=O)Nc2ccc3sccc3c2)c1F. The van der Waals surface area contributed by atoms with Gasteiger partial charge in [0.25, 0.3) is 5.91 Å². The van der Waals surface area contributed by atoms with Crippen LogP contribution in [-0.4, -0.2) is 5.91 Å². The number of nitrogen functional groups attached to an aromatic ring is 1. The summed E-state index contributed by atoms with van der Waals surface area (Å²) < 4.78 is 28.1. The first kappa shape index (κ1) is 13.5. The Bertz CT molecular complexity index is 845. The van der Waals surface area contributed by atoms with Crippen LogP contribution < -0.4 is 11.1 Å². The third-order valence-corrected chi connectivity index (χ3v) is 3.92. The number of carbonyl (C=O) groups is 1. The maximum atomic E-state index is 13.8. The number of nitrogens with one attached hydrogen (secondary N) is 1. The van der Waals surface area contributed by atoms with E-state index in [1.807, 2.05) is 17.5 Å². The molecule has 0 aliphatic heterocycles. The Morgan fingerprint density at radius 3 is 2.76 bits per heavy atom. The summed E-state index contributed by atoms with van der Waals surface area (Å²) in [5.41, 5.74) is 5.01. The van der Waals surface area contributed by atoms with Crippen LogP contribution in [0.25, 0.3) is 10.1 Å². The molecule has 3 N–H and O–H groups in total. The highest BCUT2D eigenvalue weighted by Gasteiger charge is 2.16. The molecular formula is C15H10F2N2OS. The van der Waals surface area contributed by atoms with E-state index in [0.29, 0.717) is 5.69 Å². The Labute approximate surface area is 123 Å². The van der Waals surface area contributed by atoms with Crippen molar-refractivity contribution in [3.63, 3.8) is 0 Å². The Hall–Kier alpha value is -2.47. The lowest BCUT2D eigenvalue weighted by atomic mass is 10.1. The monoisotopic (exact) mass is 304 g/mol. The molecule has 3 nitrogen and oxygen atoms in total. The van der Waals surface area contributed by atoms with E-state index < -0.39 is 28.8 Å². The molecule has 0 spiro atoms. The quantitative estimate of drug-likeness (QED) is 0.703. The predicted octanol–water partition coefficient (Wildman–Crippen LogP) is 4.01. The fourth-order valence-electron chi connectivity index (χ4n) is 2.02. The minimum atomic E-state index is -0.925. The van der Waals surface area contributed by atoms with Crippen LogP contribution in [0.4, 0.5) is 20.2 Å². The van der Waals surface area contributed by atoms with Gasteiger partial charge in [0.2, 0.25) is 0 Å². The number of hydrogen-bond acceptors (Lipinski definition) is 3. The maximum absolute atomic E-state index is 13.8. The Kier molecular flexibility index (Phi) is 3.31. The van der Waals surface area contributed by atoms with Crippen molar-refractivity contribution in [3.05, 3.63) is 59.0 Å². The summed E-state index contributed by atoms with van der Waals surface area (Å²) in [5.74, 6) is -2.42. The molecular weight excluding hydrogens is 294 g/mol. The lowest BCUT2D eigenvalue weighted by molar-refractivity contribution is 0.102. The van der Waals surface area contributed by atoms with Crippen LogP contribution in [0.1, 0.15) is 10.4 Å². The van der Waals surface area contributed by atoms with Gasteiger partial charge in [0.1, 0.15) is 5.82 Å². The molecule has 2 aromatic carbocycles. The lowest BCUT2D eigenvalue weighted by Crippen LogP contribution is -2.15. The van der Waals surface area contributed by atoms with Gasteiger partial charge in [-0.05, 0) is 47.2 Å². The summed E-state index contributed by atoms with van der Waals surface area (Å²) in [7, 11) is 0. The van der Waals surface area contributed by atoms with E-state index in [-0.39, 0.29) is 0 Å². The van der Waals surface area contributed by atoms with E-state index in [4.69, 9.17) is 5.73 Å². The number of carbonyl (C=O) groups excluding carboxylic acids is 1. The minimum Gasteiger partial charge on any atom is -0.396 e. The summed E-state index contributed by atoms with van der Waals surface area (Å²) in [5, 5.41) is 5.44. The molecule has 0 unspecified atom stereocenters. The molecule has 0 atom stereocenters. The number of nitrogens with two attached hydrogens (primary N) is 1. The van der Waals surface area contributed by atoms with Crippen LogP contribution in [0.2, 0.25) is 0 Å². The van der Waals surface area contributed by atoms with E-state index in [2.05, 4.69) is 5.32 Å². The summed E-state index contributed by atoms with van der Waals surface area (Å²) in [6, 6.07) is 8.90. The first-order valence-electron chi connectivity index (χ1n) is 6.08. The van der Waals surface area contributed by atoms with Crippen molar-refractivity contribution in [1.29, 1.82) is 0 Å². The van der Waals surface area contributed by atoms with Crippen molar-refractivity contribution in [2.75, 3.05) is 11.1 Å². The Morgan fingerprint density at radius 1 is 1.14 bits per heavy atom. The molecule has 1 heterocycles. The van der Waals surface area contributed by atoms with Gasteiger partial charge in [-0.15, -0.1) is 11.3 Å². The molecule has 0 aliphatic carbocycles. The lowest BCUT2D eigenvalue weighted by Gasteiger charge is -2.08. The zero-order valence-electron chi connectivity index (χ0n) is 10.7. The standard InChI is InChI=1S/C15H10F2N2OS/c16-9-6-11(14(17)12(18)7-9)15(20)19-10-1-2-13-8(5-10)3-4-21-13/h1-7H,18H2,(H,19,20). The highest BCUT2D eigenvalue weighted by Crippen LogP contribution is 2.25. The Morgan fingerprint density at radius 2 is 1.95 bits per heavy atom. The molecule has 0 aliphatic rings. The van der Waals surface area contributed by atoms with Crippen LogP contribution in [0.3, 0.4) is 0 Å². The first-order valence-corrected chi connectivity index (χ1v) is 6.95. The largest absolute Gasteiger partial charge is 0.396 e. The number of anilines is 2. The van der Waals surface area contributed by atoms with E-state index in [1.165, 1.54) is 0 Å². The first-order chi connectivity index (χ1) is 10.0. The fourth-order valence-corrected chi connectivity index (χ4v) is 2.79. The van der Waals surface area contributed by atoms with Crippen molar-refractivity contribution < 1.29 is 13.6 Å². The number of amides is 1. The molecule has 0 saturated carbocycles. The number of rotatable bonds is 2. The summed E-state index contributed by atoms with van der Waals surface area (Å²) in [4.78, 5) is 12.0. The second-order valence-electron chi connectivity index (χ2n) is 4.48. The van der Waals surface area contributed by atoms with Gasteiger partial charge in [0.05, 0.1) is 11.3 Å². The highest BCUT2D eigenvalue weighted by molar-refractivity contribution is 7.17. The maximum Gasteiger partial charge on any atom is 0.258 e. The van der Waals surface area contributed by atoms with Gasteiger partial charge in [0, 0.05) is 10.4 Å². The van der Waals surface area contributed by atoms with E-state index in [1.54, 1.807) is 23.5 Å². The van der Waals surface area contributed by atoms with Crippen LogP contribution in [-0.2, 0) is 0 Å². The Balaban J connectivity index is 1.92. The zero-order chi connectivity index (χ0) is 15.0. The smallest absolute Gasteiger partial charge is 0.258 e. The van der Waals surface area contributed by atoms with Gasteiger partial charge in [-0.25, -0.2) is 8.78 Å². The topological polar surface area (TPSA) is 55.1 Å². The molecule has 0 radical (unpaired) electrons. The molecule has 6 heteroatoms. The molecule has 1 amide bonds. The van der Waals surface area contributed by atoms with Gasteiger partial charge in [-0.2, -0.15) is 0 Å². The zero-order valence-corrected chi connectivity index (χ0v) is 11.5. The van der Waals surface area contributed by atoms with E-state index in [9.17, 15) is 13.6 Å². The number of halogens is 2. The third-order valence-electron chi connectivity index (χ3n) is 3.02. The average molecular weight is 304 g/mol. The van der Waals surface area contributed by atoms with Crippen molar-refractivity contribution in [3.8, 4) is 0 Å². The summed E-state index contributed by atoms with van der Waals surface area (Å²) in [6.07, 6.45) is 0. The van der Waals surface area contributed by atoms with Gasteiger partial charge in [-0.3, -0.25) is 4.79 Å². The summed E-state index contributed by atoms with van der Waals surface area (Å²) in [6.45, 7) is 0. The normalized spacial score (nSPS) is 10.8. The fraction of sp³-hybridized carbons (Fsp3) is 0. The average Bonchev–Trinajstić information content (AvgIpc) is 2.90. The molecule has 21 heavy (non-hydrogen) atoms. The second-order valence-corrected chi connectivity index (χ2v) is 5.43. The van der Waals surface area contributed by atoms with Gasteiger partial charge in [-0.1, -0.05) is 0 Å². The minimum absolute atomic E-state index is 0.395. The predicted molar refractivity (Wildman–Crippen MR) is 80.5 cm³/mol. The van der Waals surface area contributed by atoms with Gasteiger partial charge >= 0.3 is 0 Å². The van der Waals surface area contributed by atoms with Crippen molar-refractivity contribution in [2.45, 2.75) is 0 Å². The summed E-state index contributed by atoms with van der Waals surface area (Å²) >= 11 is 1.58. The van der Waals surface area contributed by atoms with Gasteiger partial charge in [0.15, 0.2) is 5.82 Å². The second kappa shape index (κ2) is 5.14. The highest BCUT2D eigenvalue weighted by atomic mass is 32.1. The van der Waals surface area contributed by atoms with Crippen molar-refractivity contribution in [1.82, 2.24) is 0 Å². The van der Waals surface area contributed by atoms with Crippen LogP contribution in [0, 0.1) is 11.6 Å². The van der Waals surface area contributed by atoms with Gasteiger partial charge < -0.3 is 11.1 Å². The molecule has 0 fully saturated rings. The molecule has 3 aromatic rings. The molecule has 0 bridgehead atoms.